The van der Waals surface area contributed by atoms with Crippen LogP contribution >= 0.6 is 15.9 Å². The van der Waals surface area contributed by atoms with Crippen LogP contribution in [0, 0.1) is 11.6 Å². The first-order valence-electron chi connectivity index (χ1n) is 8.32. The molecule has 0 unspecified atom stereocenters. The van der Waals surface area contributed by atoms with E-state index in [4.69, 9.17) is 19.8 Å². The number of aliphatic hydroxyl groups is 2. The average molecular weight is 459 g/mol. The highest BCUT2D eigenvalue weighted by Gasteiger charge is 2.27. The van der Waals surface area contributed by atoms with Crippen molar-refractivity contribution in [3.8, 4) is 5.75 Å². The van der Waals surface area contributed by atoms with Crippen LogP contribution in [0.4, 0.5) is 20.2 Å². The second-order valence-corrected chi connectivity index (χ2v) is 6.90. The molecule has 1 amide bonds. The molecule has 10 heteroatoms. The molecule has 4 N–H and O–H groups in total. The Morgan fingerprint density at radius 3 is 2.71 bits per heavy atom. The summed E-state index contributed by atoms with van der Waals surface area (Å²) in [5.41, 5.74) is 2.08. The second kappa shape index (κ2) is 8.82. The Hall–Kier alpha value is -2.27. The maximum absolute atomic E-state index is 15.0. The van der Waals surface area contributed by atoms with Crippen LogP contribution < -0.4 is 15.5 Å². The Labute approximate surface area is 167 Å². The largest absolute Gasteiger partial charge is 0.490 e. The van der Waals surface area contributed by atoms with Crippen LogP contribution in [0.25, 0.3) is 0 Å². The summed E-state index contributed by atoms with van der Waals surface area (Å²) < 4.78 is 35.0. The highest BCUT2D eigenvalue weighted by atomic mass is 79.9. The number of amides is 1. The predicted octanol–water partition coefficient (Wildman–Crippen LogP) is 2.42. The number of carbonyl (C=O) groups excluding carboxylic acids is 1. The van der Waals surface area contributed by atoms with Gasteiger partial charge in [0.05, 0.1) is 36.8 Å². The smallest absolute Gasteiger partial charge is 0.277 e. The van der Waals surface area contributed by atoms with Crippen molar-refractivity contribution in [2.24, 2.45) is 0 Å². The SMILES string of the molecule is O=C(NOC(CO)CO)c1cc2c(c(F)c1Nc1ccc(Br)cc1F)OCC2. The standard InChI is InChI=1S/C18H17BrF2N2O5/c19-10-1-2-14(13(20)6-10)22-16-12(18(26)23-28-11(7-24)8-25)5-9-3-4-27-17(9)15(16)21/h1-2,5-6,11,22,24-25H,3-4,7-8H2,(H,23,26). The maximum atomic E-state index is 15.0. The molecule has 0 spiro atoms. The molecule has 0 aliphatic carbocycles. The van der Waals surface area contributed by atoms with E-state index in [1.807, 2.05) is 0 Å². The van der Waals surface area contributed by atoms with E-state index >= 15 is 4.39 Å². The van der Waals surface area contributed by atoms with Gasteiger partial charge in [0, 0.05) is 16.5 Å². The van der Waals surface area contributed by atoms with E-state index in [2.05, 4.69) is 26.7 Å². The van der Waals surface area contributed by atoms with Gasteiger partial charge in [-0.1, -0.05) is 15.9 Å². The molecule has 2 aromatic carbocycles. The molecule has 7 nitrogen and oxygen atoms in total. The summed E-state index contributed by atoms with van der Waals surface area (Å²) in [5, 5.41) is 20.6. The Morgan fingerprint density at radius 2 is 2.04 bits per heavy atom. The Bertz CT molecular complexity index is 893. The third kappa shape index (κ3) is 4.25. The first-order valence-corrected chi connectivity index (χ1v) is 9.11. The Kier molecular flexibility index (Phi) is 6.45. The fourth-order valence-electron chi connectivity index (χ4n) is 2.64. The number of benzene rings is 2. The van der Waals surface area contributed by atoms with Crippen molar-refractivity contribution < 1.29 is 33.4 Å². The average Bonchev–Trinajstić information content (AvgIpc) is 3.15. The lowest BCUT2D eigenvalue weighted by atomic mass is 10.0. The quantitative estimate of drug-likeness (QED) is 0.475. The highest BCUT2D eigenvalue weighted by molar-refractivity contribution is 9.10. The van der Waals surface area contributed by atoms with Crippen LogP contribution in [0.15, 0.2) is 28.7 Å². The van der Waals surface area contributed by atoms with Crippen LogP contribution in [0.1, 0.15) is 15.9 Å². The molecule has 2 aromatic rings. The van der Waals surface area contributed by atoms with Gasteiger partial charge in [-0.3, -0.25) is 9.63 Å². The molecular weight excluding hydrogens is 442 g/mol. The molecule has 1 heterocycles. The normalized spacial score (nSPS) is 12.6. The zero-order chi connectivity index (χ0) is 20.3. The van der Waals surface area contributed by atoms with Crippen molar-refractivity contribution in [3.05, 3.63) is 51.5 Å². The van der Waals surface area contributed by atoms with Gasteiger partial charge in [-0.25, -0.2) is 14.3 Å². The first-order chi connectivity index (χ1) is 13.4. The number of ether oxygens (including phenoxy) is 1. The first kappa shape index (κ1) is 20.5. The van der Waals surface area contributed by atoms with Gasteiger partial charge < -0.3 is 20.3 Å². The minimum absolute atomic E-state index is 0.00100. The van der Waals surface area contributed by atoms with Crippen LogP contribution in [0.2, 0.25) is 0 Å². The Balaban J connectivity index is 1.96. The molecule has 0 atom stereocenters. The molecule has 150 valence electrons. The van der Waals surface area contributed by atoms with Crippen molar-refractivity contribution in [1.82, 2.24) is 5.48 Å². The summed E-state index contributed by atoms with van der Waals surface area (Å²) in [5.74, 6) is -2.32. The van der Waals surface area contributed by atoms with Crippen molar-refractivity contribution in [1.29, 1.82) is 0 Å². The van der Waals surface area contributed by atoms with E-state index in [0.717, 1.165) is 0 Å². The zero-order valence-electron chi connectivity index (χ0n) is 14.5. The minimum Gasteiger partial charge on any atom is -0.490 e. The van der Waals surface area contributed by atoms with E-state index in [1.165, 1.54) is 18.2 Å². The molecule has 0 fully saturated rings. The van der Waals surface area contributed by atoms with Crippen LogP contribution in [0.5, 0.6) is 5.75 Å². The summed E-state index contributed by atoms with van der Waals surface area (Å²) in [7, 11) is 0. The fraction of sp³-hybridized carbons (Fsp3) is 0.278. The van der Waals surface area contributed by atoms with Gasteiger partial charge in [0.15, 0.2) is 11.6 Å². The van der Waals surface area contributed by atoms with Gasteiger partial charge in [0.1, 0.15) is 11.9 Å². The molecule has 0 radical (unpaired) electrons. The van der Waals surface area contributed by atoms with Crippen LogP contribution in [-0.2, 0) is 11.3 Å². The van der Waals surface area contributed by atoms with Gasteiger partial charge in [-0.2, -0.15) is 0 Å². The number of rotatable bonds is 7. The molecule has 28 heavy (non-hydrogen) atoms. The summed E-state index contributed by atoms with van der Waals surface area (Å²) in [6, 6.07) is 5.57. The van der Waals surface area contributed by atoms with Gasteiger partial charge in [0.2, 0.25) is 0 Å². The molecular formula is C18H17BrF2N2O5. The topological polar surface area (TPSA) is 100 Å². The van der Waals surface area contributed by atoms with Gasteiger partial charge in [-0.05, 0) is 24.3 Å². The number of aliphatic hydroxyl groups excluding tert-OH is 2. The molecule has 0 aromatic heterocycles. The van der Waals surface area contributed by atoms with E-state index < -0.39 is 36.9 Å². The monoisotopic (exact) mass is 458 g/mol. The van der Waals surface area contributed by atoms with Crippen LogP contribution in [0.3, 0.4) is 0 Å². The van der Waals surface area contributed by atoms with Crippen molar-refractivity contribution in [2.45, 2.75) is 12.5 Å². The molecule has 3 rings (SSSR count). The Morgan fingerprint density at radius 1 is 1.29 bits per heavy atom. The summed E-state index contributed by atoms with van der Waals surface area (Å²) >= 11 is 3.14. The van der Waals surface area contributed by atoms with Gasteiger partial charge >= 0.3 is 0 Å². The lowest BCUT2D eigenvalue weighted by molar-refractivity contribution is -0.0618. The van der Waals surface area contributed by atoms with E-state index in [1.54, 1.807) is 6.07 Å². The number of hydrogen-bond acceptors (Lipinski definition) is 6. The molecule has 0 bridgehead atoms. The lowest BCUT2D eigenvalue weighted by Crippen LogP contribution is -2.34. The summed E-state index contributed by atoms with van der Waals surface area (Å²) in [6.07, 6.45) is -0.622. The minimum atomic E-state index is -1.04. The number of carbonyl (C=O) groups is 1. The zero-order valence-corrected chi connectivity index (χ0v) is 16.1. The maximum Gasteiger partial charge on any atom is 0.277 e. The number of hydrogen-bond donors (Lipinski definition) is 4. The summed E-state index contributed by atoms with van der Waals surface area (Å²) in [4.78, 5) is 17.4. The van der Waals surface area contributed by atoms with E-state index in [9.17, 15) is 9.18 Å². The summed E-state index contributed by atoms with van der Waals surface area (Å²) in [6.45, 7) is -0.798. The third-order valence-corrected chi connectivity index (χ3v) is 4.57. The van der Waals surface area contributed by atoms with E-state index in [-0.39, 0.29) is 29.3 Å². The van der Waals surface area contributed by atoms with Gasteiger partial charge in [-0.15, -0.1) is 0 Å². The third-order valence-electron chi connectivity index (χ3n) is 4.08. The van der Waals surface area contributed by atoms with Gasteiger partial charge in [0.25, 0.3) is 5.91 Å². The number of nitrogens with one attached hydrogen (secondary N) is 2. The molecule has 0 saturated carbocycles. The highest BCUT2D eigenvalue weighted by Crippen LogP contribution is 2.38. The molecule has 0 saturated heterocycles. The molecule has 1 aliphatic rings. The number of halogens is 3. The number of fused-ring (bicyclic) bond motifs is 1. The second-order valence-electron chi connectivity index (χ2n) is 5.99. The van der Waals surface area contributed by atoms with Crippen LogP contribution in [-0.4, -0.2) is 42.0 Å². The number of anilines is 2. The lowest BCUT2D eigenvalue weighted by Gasteiger charge is -2.17. The number of hydroxylamine groups is 1. The predicted molar refractivity (Wildman–Crippen MR) is 99.5 cm³/mol. The van der Waals surface area contributed by atoms with Crippen molar-refractivity contribution >= 4 is 33.2 Å². The molecule has 1 aliphatic heterocycles. The van der Waals surface area contributed by atoms with Crippen molar-refractivity contribution in [3.63, 3.8) is 0 Å². The van der Waals surface area contributed by atoms with E-state index in [0.29, 0.717) is 16.5 Å². The van der Waals surface area contributed by atoms with Crippen molar-refractivity contribution in [2.75, 3.05) is 25.1 Å². The fourth-order valence-corrected chi connectivity index (χ4v) is 2.97.